The molecule has 7 rings (SSSR count). The number of aliphatic hydroxyl groups excluding tert-OH is 2. The molecule has 19 heteroatoms. The van der Waals surface area contributed by atoms with Crippen molar-refractivity contribution in [2.45, 2.75) is 114 Å². The molecule has 0 saturated carbocycles. The van der Waals surface area contributed by atoms with Crippen LogP contribution in [0.15, 0.2) is 30.4 Å². The molecule has 2 aromatic rings. The Labute approximate surface area is 348 Å². The Kier molecular flexibility index (Phi) is 11.8. The highest BCUT2D eigenvalue weighted by Gasteiger charge is 2.51. The van der Waals surface area contributed by atoms with Crippen molar-refractivity contribution in [1.82, 2.24) is 10.4 Å². The van der Waals surface area contributed by atoms with Crippen molar-refractivity contribution in [3.8, 4) is 17.2 Å². The van der Waals surface area contributed by atoms with Gasteiger partial charge < -0.3 is 54.6 Å². The number of hydrogen-bond acceptors (Lipinski definition) is 17. The number of alkyl carbamates (subject to hydrolysis) is 1. The number of hydroxylamine groups is 2. The Balaban J connectivity index is 1.08. The van der Waals surface area contributed by atoms with E-state index in [0.717, 1.165) is 0 Å². The van der Waals surface area contributed by atoms with Gasteiger partial charge in [-0.2, -0.15) is 0 Å². The van der Waals surface area contributed by atoms with Gasteiger partial charge in [0.15, 0.2) is 17.9 Å². The third-order valence-corrected chi connectivity index (χ3v) is 12.1. The van der Waals surface area contributed by atoms with Crippen LogP contribution in [0.2, 0.25) is 0 Å². The third-order valence-electron chi connectivity index (χ3n) is 12.1. The number of phenolic OH excluding ortho intramolecular Hbond substituents is 2. The summed E-state index contributed by atoms with van der Waals surface area (Å²) in [7, 11) is 1.29. The number of hydrogen-bond donors (Lipinski definition) is 6. The fraction of sp³-hybridized carbons (Fsp3) is 0.500. The van der Waals surface area contributed by atoms with Gasteiger partial charge in [-0.1, -0.05) is 18.2 Å². The maximum absolute atomic E-state index is 14.0. The van der Waals surface area contributed by atoms with Crippen LogP contribution >= 0.6 is 0 Å². The van der Waals surface area contributed by atoms with Gasteiger partial charge in [-0.3, -0.25) is 24.0 Å². The lowest BCUT2D eigenvalue weighted by Crippen LogP contribution is -2.56. The highest BCUT2D eigenvalue weighted by atomic mass is 16.7. The summed E-state index contributed by atoms with van der Waals surface area (Å²) in [5.74, 6) is -6.16. The van der Waals surface area contributed by atoms with Crippen LogP contribution in [0.5, 0.6) is 17.2 Å². The highest BCUT2D eigenvalue weighted by molar-refractivity contribution is 6.31. The predicted molar refractivity (Wildman–Crippen MR) is 204 cm³/mol. The number of benzene rings is 2. The number of nitrogens with zero attached hydrogens (tertiary/aromatic N) is 1. The van der Waals surface area contributed by atoms with Crippen molar-refractivity contribution >= 4 is 41.2 Å². The summed E-state index contributed by atoms with van der Waals surface area (Å²) in [5.41, 5.74) is -5.33. The molecule has 6 N–H and O–H groups in total. The first-order valence-corrected chi connectivity index (χ1v) is 19.9. The maximum atomic E-state index is 14.0. The summed E-state index contributed by atoms with van der Waals surface area (Å²) < 4.78 is 23.1. The molecule has 0 aromatic heterocycles. The number of ether oxygens (including phenoxy) is 4. The van der Waals surface area contributed by atoms with Crippen molar-refractivity contribution in [1.29, 1.82) is 0 Å². The number of phenols is 2. The number of fused-ring (bicyclic) bond motifs is 3. The number of ketones is 3. The van der Waals surface area contributed by atoms with Gasteiger partial charge in [0.25, 0.3) is 11.8 Å². The Morgan fingerprint density at radius 2 is 1.72 bits per heavy atom. The summed E-state index contributed by atoms with van der Waals surface area (Å²) in [5, 5.41) is 59.0. The molecule has 8 atom stereocenters. The number of carbonyl (C=O) groups excluding carboxylic acids is 7. The summed E-state index contributed by atoms with van der Waals surface area (Å²) >= 11 is 0. The second-order valence-electron chi connectivity index (χ2n) is 16.2. The minimum atomic E-state index is -2.39. The lowest BCUT2D eigenvalue weighted by molar-refractivity contribution is -0.249. The smallest absolute Gasteiger partial charge is 0.408 e. The Morgan fingerprint density at radius 1 is 1.02 bits per heavy atom. The molecule has 2 aromatic carbocycles. The standard InChI is InChI=1S/C42H46N2O17/c1-19-34(49)23(43-40(55)59-20-7-5-13-41(2,14-6-8-20)39(54)61-44-27(47)11-12-28(44)48)15-29(58-19)60-25-17-42(56,26(46)18-45)16-22-31(25)38(53)33-32(36(22)51)35(50)21-9-4-10-24(57-3)30(21)37(33)52/h4-5,7,9-10,19-20,23,25,29,34,45,49,51,53,56H,6,8,11-18H2,1-3H3,(H,43,55)/b7-5+/t19?,20-,23?,25-,29-,34+,41+,42-/m0/s1. The number of rotatable bonds is 9. The molecule has 2 fully saturated rings. The van der Waals surface area contributed by atoms with E-state index >= 15 is 0 Å². The summed E-state index contributed by atoms with van der Waals surface area (Å²) in [6.45, 7) is 2.03. The van der Waals surface area contributed by atoms with E-state index in [4.69, 9.17) is 23.8 Å². The van der Waals surface area contributed by atoms with Gasteiger partial charge in [0.2, 0.25) is 5.78 Å². The number of Topliss-reactive ketones (excluding diaryl/α,β-unsaturated/α-hetero) is 1. The minimum Gasteiger partial charge on any atom is -0.507 e. The predicted octanol–water partition coefficient (Wildman–Crippen LogP) is 1.88. The number of nitrogens with one attached hydrogen (secondary N) is 1. The van der Waals surface area contributed by atoms with Crippen LogP contribution in [0.4, 0.5) is 4.79 Å². The minimum absolute atomic E-state index is 0.0360. The largest absolute Gasteiger partial charge is 0.507 e. The van der Waals surface area contributed by atoms with E-state index in [0.29, 0.717) is 11.5 Å². The average Bonchev–Trinajstić information content (AvgIpc) is 3.53. The molecule has 0 radical (unpaired) electrons. The number of methoxy groups -OCH3 is 1. The van der Waals surface area contributed by atoms with E-state index in [1.54, 1.807) is 19.1 Å². The van der Waals surface area contributed by atoms with E-state index in [1.807, 2.05) is 0 Å². The quantitative estimate of drug-likeness (QED) is 0.102. The van der Waals surface area contributed by atoms with Gasteiger partial charge in [-0.05, 0) is 51.7 Å². The highest BCUT2D eigenvalue weighted by Crippen LogP contribution is 2.52. The summed E-state index contributed by atoms with van der Waals surface area (Å²) in [6, 6.07) is 3.20. The maximum Gasteiger partial charge on any atom is 0.408 e. The SMILES string of the molecule is COc1cccc2c1C(=O)c1c(O)c3c(c(O)c1C2=O)C[C@@](O)(C(=O)CO)C[C@@H]3O[C@H]1CC(NC(=O)O[C@H]2/C=C/C[C@@](C)(C(=O)ON3C(=O)CCC3=O)CCC2)[C@H](O)C(C)O1. The van der Waals surface area contributed by atoms with E-state index in [9.17, 15) is 59.1 Å². The fourth-order valence-electron chi connectivity index (χ4n) is 8.69. The summed E-state index contributed by atoms with van der Waals surface area (Å²) in [6.07, 6.45) is -4.05. The number of aliphatic hydroxyl groups is 3. The van der Waals surface area contributed by atoms with Crippen LogP contribution in [0.1, 0.15) is 114 Å². The summed E-state index contributed by atoms with van der Waals surface area (Å²) in [4.78, 5) is 96.1. The zero-order valence-corrected chi connectivity index (χ0v) is 33.5. The van der Waals surface area contributed by atoms with E-state index in [1.165, 1.54) is 32.2 Å². The van der Waals surface area contributed by atoms with E-state index in [2.05, 4.69) is 5.32 Å². The molecule has 2 saturated heterocycles. The van der Waals surface area contributed by atoms with Crippen molar-refractivity contribution in [3.05, 3.63) is 63.7 Å². The first kappa shape index (κ1) is 43.4. The van der Waals surface area contributed by atoms with Crippen LogP contribution in [-0.2, 0) is 44.6 Å². The lowest BCUT2D eigenvalue weighted by Gasteiger charge is -2.42. The molecule has 2 aliphatic heterocycles. The first-order valence-electron chi connectivity index (χ1n) is 19.9. The molecule has 61 heavy (non-hydrogen) atoms. The molecule has 0 spiro atoms. The van der Waals surface area contributed by atoms with Crippen LogP contribution in [0, 0.1) is 5.41 Å². The number of aromatic hydroxyl groups is 2. The Bertz CT molecular complexity index is 2220. The van der Waals surface area contributed by atoms with Crippen molar-refractivity contribution in [2.24, 2.45) is 5.41 Å². The molecule has 2 heterocycles. The molecule has 0 bridgehead atoms. The molecule has 3 amide bonds. The van der Waals surface area contributed by atoms with E-state index in [-0.39, 0.29) is 66.5 Å². The zero-order chi connectivity index (χ0) is 44.1. The number of amides is 3. The van der Waals surface area contributed by atoms with Crippen molar-refractivity contribution in [2.75, 3.05) is 13.7 Å². The number of imide groups is 1. The number of carbonyl (C=O) groups is 7. The van der Waals surface area contributed by atoms with Gasteiger partial charge in [-0.25, -0.2) is 9.59 Å². The van der Waals surface area contributed by atoms with Crippen LogP contribution in [0.25, 0.3) is 0 Å². The topological polar surface area (TPSA) is 282 Å². The van der Waals surface area contributed by atoms with Crippen LogP contribution < -0.4 is 10.1 Å². The molecule has 2 unspecified atom stereocenters. The molecular formula is C42H46N2O17. The van der Waals surface area contributed by atoms with Gasteiger partial charge in [-0.15, -0.1) is 5.06 Å². The van der Waals surface area contributed by atoms with Crippen molar-refractivity contribution in [3.63, 3.8) is 0 Å². The van der Waals surface area contributed by atoms with Gasteiger partial charge in [0.1, 0.15) is 41.7 Å². The molecule has 5 aliphatic rings. The Hall–Kier alpha value is -5.73. The van der Waals surface area contributed by atoms with Gasteiger partial charge in [0, 0.05) is 48.8 Å². The first-order chi connectivity index (χ1) is 28.9. The van der Waals surface area contributed by atoms with Crippen molar-refractivity contribution < 1.29 is 82.9 Å². The lowest BCUT2D eigenvalue weighted by atomic mass is 9.72. The molecular weight excluding hydrogens is 804 g/mol. The molecule has 19 nitrogen and oxygen atoms in total. The molecule has 326 valence electrons. The Morgan fingerprint density at radius 3 is 2.41 bits per heavy atom. The van der Waals surface area contributed by atoms with Crippen LogP contribution in [0.3, 0.4) is 0 Å². The number of allylic oxidation sites excluding steroid dienone is 1. The van der Waals surface area contributed by atoms with E-state index < -0.39 is 131 Å². The normalized spacial score (nSPS) is 30.3. The third kappa shape index (κ3) is 7.87. The second-order valence-corrected chi connectivity index (χ2v) is 16.2. The van der Waals surface area contributed by atoms with Gasteiger partial charge in [0.05, 0.1) is 47.5 Å². The second kappa shape index (κ2) is 16.6. The van der Waals surface area contributed by atoms with Crippen LogP contribution in [-0.4, -0.2) is 122 Å². The zero-order valence-electron chi connectivity index (χ0n) is 33.5. The molecule has 3 aliphatic carbocycles. The fourth-order valence-corrected chi connectivity index (χ4v) is 8.69. The average molecular weight is 851 g/mol. The monoisotopic (exact) mass is 850 g/mol. The van der Waals surface area contributed by atoms with Gasteiger partial charge >= 0.3 is 12.1 Å².